The Bertz CT molecular complexity index is 260. The molecule has 1 N–H and O–H groups in total. The lowest BCUT2D eigenvalue weighted by Crippen LogP contribution is -2.24. The van der Waals surface area contributed by atoms with Gasteiger partial charge in [-0.05, 0) is 5.92 Å². The van der Waals surface area contributed by atoms with Crippen LogP contribution in [0.3, 0.4) is 0 Å². The molecule has 1 heterocycles. The van der Waals surface area contributed by atoms with Crippen molar-refractivity contribution in [2.45, 2.75) is 13.5 Å². The molecule has 0 aliphatic rings. The molecule has 1 aromatic rings. The first kappa shape index (κ1) is 11.2. The third-order valence-corrected chi connectivity index (χ3v) is 2.17. The van der Waals surface area contributed by atoms with E-state index in [4.69, 9.17) is 4.74 Å². The zero-order valence-electron chi connectivity index (χ0n) is 9.16. The van der Waals surface area contributed by atoms with Crippen LogP contribution in [0.4, 0.5) is 0 Å². The van der Waals surface area contributed by atoms with Crippen molar-refractivity contribution < 1.29 is 4.74 Å². The zero-order chi connectivity index (χ0) is 10.4. The molecule has 0 aliphatic carbocycles. The average Bonchev–Trinajstić information content (AvgIpc) is 2.52. The van der Waals surface area contributed by atoms with E-state index in [9.17, 15) is 0 Å². The second-order valence-electron chi connectivity index (χ2n) is 3.69. The summed E-state index contributed by atoms with van der Waals surface area (Å²) >= 11 is 0. The fourth-order valence-corrected chi connectivity index (χ4v) is 1.35. The van der Waals surface area contributed by atoms with Gasteiger partial charge in [0.2, 0.25) is 0 Å². The minimum atomic E-state index is 0.549. The molecule has 0 radical (unpaired) electrons. The molecule has 0 aromatic carbocycles. The van der Waals surface area contributed by atoms with Crippen LogP contribution in [0.15, 0.2) is 12.5 Å². The van der Waals surface area contributed by atoms with Crippen LogP contribution in [0.2, 0.25) is 0 Å². The highest BCUT2D eigenvalue weighted by Gasteiger charge is 2.01. The van der Waals surface area contributed by atoms with E-state index in [1.54, 1.807) is 7.11 Å². The first-order valence-corrected chi connectivity index (χ1v) is 4.89. The van der Waals surface area contributed by atoms with Crippen molar-refractivity contribution in [1.82, 2.24) is 14.9 Å². The monoisotopic (exact) mass is 197 g/mol. The lowest BCUT2D eigenvalue weighted by molar-refractivity contribution is 0.158. The lowest BCUT2D eigenvalue weighted by atomic mass is 10.2. The lowest BCUT2D eigenvalue weighted by Gasteiger charge is -2.11. The molecule has 0 saturated heterocycles. The standard InChI is InChI=1S/C10H19N3O/c1-9(7-14-3)4-11-5-10-6-12-8-13(10)2/h6,8-9,11H,4-5,7H2,1-3H3. The largest absolute Gasteiger partial charge is 0.384 e. The molecular weight excluding hydrogens is 178 g/mol. The van der Waals surface area contributed by atoms with E-state index in [1.807, 2.05) is 24.1 Å². The third-order valence-electron chi connectivity index (χ3n) is 2.17. The van der Waals surface area contributed by atoms with Crippen molar-refractivity contribution >= 4 is 0 Å². The summed E-state index contributed by atoms with van der Waals surface area (Å²) < 4.78 is 7.08. The molecule has 1 atom stereocenters. The van der Waals surface area contributed by atoms with E-state index in [2.05, 4.69) is 17.2 Å². The first-order valence-electron chi connectivity index (χ1n) is 4.89. The second-order valence-corrected chi connectivity index (χ2v) is 3.69. The number of hydrogen-bond acceptors (Lipinski definition) is 3. The van der Waals surface area contributed by atoms with Crippen LogP contribution in [-0.2, 0) is 18.3 Å². The highest BCUT2D eigenvalue weighted by atomic mass is 16.5. The molecule has 4 nitrogen and oxygen atoms in total. The Hall–Kier alpha value is -0.870. The Morgan fingerprint density at radius 3 is 3.00 bits per heavy atom. The van der Waals surface area contributed by atoms with Gasteiger partial charge in [0.1, 0.15) is 0 Å². The van der Waals surface area contributed by atoms with Crippen LogP contribution in [0.25, 0.3) is 0 Å². The van der Waals surface area contributed by atoms with Crippen molar-refractivity contribution in [3.8, 4) is 0 Å². The van der Waals surface area contributed by atoms with Crippen LogP contribution in [0, 0.1) is 5.92 Å². The van der Waals surface area contributed by atoms with Gasteiger partial charge in [0.15, 0.2) is 0 Å². The summed E-state index contributed by atoms with van der Waals surface area (Å²) in [5.41, 5.74) is 1.20. The quantitative estimate of drug-likeness (QED) is 0.733. The van der Waals surface area contributed by atoms with E-state index >= 15 is 0 Å². The number of imidazole rings is 1. The number of rotatable bonds is 6. The zero-order valence-corrected chi connectivity index (χ0v) is 9.16. The third kappa shape index (κ3) is 3.47. The minimum Gasteiger partial charge on any atom is -0.384 e. The maximum atomic E-state index is 5.06. The molecule has 0 fully saturated rings. The van der Waals surface area contributed by atoms with E-state index in [-0.39, 0.29) is 0 Å². The van der Waals surface area contributed by atoms with Gasteiger partial charge in [-0.15, -0.1) is 0 Å². The highest BCUT2D eigenvalue weighted by Crippen LogP contribution is 1.97. The molecule has 0 saturated carbocycles. The van der Waals surface area contributed by atoms with Crippen LogP contribution in [-0.4, -0.2) is 29.8 Å². The van der Waals surface area contributed by atoms with Gasteiger partial charge in [0, 0.05) is 40.1 Å². The summed E-state index contributed by atoms with van der Waals surface area (Å²) in [5, 5.41) is 3.37. The van der Waals surface area contributed by atoms with Crippen LogP contribution >= 0.6 is 0 Å². The summed E-state index contributed by atoms with van der Waals surface area (Å²) in [6.07, 6.45) is 3.70. The van der Waals surface area contributed by atoms with Crippen molar-refractivity contribution in [2.24, 2.45) is 13.0 Å². The molecule has 0 aliphatic heterocycles. The van der Waals surface area contributed by atoms with Gasteiger partial charge in [-0.1, -0.05) is 6.92 Å². The number of ether oxygens (including phenoxy) is 1. The molecule has 4 heteroatoms. The Morgan fingerprint density at radius 2 is 2.43 bits per heavy atom. The number of aryl methyl sites for hydroxylation is 1. The number of nitrogens with zero attached hydrogens (tertiary/aromatic N) is 2. The summed E-state index contributed by atoms with van der Waals surface area (Å²) in [5.74, 6) is 0.549. The van der Waals surface area contributed by atoms with Gasteiger partial charge >= 0.3 is 0 Å². The van der Waals surface area contributed by atoms with Gasteiger partial charge in [-0.25, -0.2) is 4.98 Å². The predicted molar refractivity (Wildman–Crippen MR) is 56.0 cm³/mol. The Kier molecular flexibility index (Phi) is 4.62. The summed E-state index contributed by atoms with van der Waals surface area (Å²) in [6.45, 7) is 4.81. The predicted octanol–water partition coefficient (Wildman–Crippen LogP) is 0.792. The van der Waals surface area contributed by atoms with Gasteiger partial charge in [-0.3, -0.25) is 0 Å². The molecule has 80 valence electrons. The number of hydrogen-bond donors (Lipinski definition) is 1. The van der Waals surface area contributed by atoms with Crippen molar-refractivity contribution in [1.29, 1.82) is 0 Å². The first-order chi connectivity index (χ1) is 6.74. The molecular formula is C10H19N3O. The maximum absolute atomic E-state index is 5.06. The van der Waals surface area contributed by atoms with Crippen molar-refractivity contribution in [3.05, 3.63) is 18.2 Å². The van der Waals surface area contributed by atoms with Crippen LogP contribution in [0.1, 0.15) is 12.6 Å². The molecule has 0 amide bonds. The highest BCUT2D eigenvalue weighted by molar-refractivity contribution is 4.96. The fourth-order valence-electron chi connectivity index (χ4n) is 1.35. The van der Waals surface area contributed by atoms with Gasteiger partial charge in [0.25, 0.3) is 0 Å². The van der Waals surface area contributed by atoms with Crippen LogP contribution < -0.4 is 5.32 Å². The SMILES string of the molecule is COCC(C)CNCc1cncn1C. The van der Waals surface area contributed by atoms with E-state index in [0.717, 1.165) is 19.7 Å². The summed E-state index contributed by atoms with van der Waals surface area (Å²) in [6, 6.07) is 0. The normalized spacial score (nSPS) is 13.1. The Balaban J connectivity index is 2.19. The van der Waals surface area contributed by atoms with Gasteiger partial charge < -0.3 is 14.6 Å². The van der Waals surface area contributed by atoms with E-state index in [1.165, 1.54) is 5.69 Å². The van der Waals surface area contributed by atoms with Crippen molar-refractivity contribution in [2.75, 3.05) is 20.3 Å². The van der Waals surface area contributed by atoms with Gasteiger partial charge in [-0.2, -0.15) is 0 Å². The van der Waals surface area contributed by atoms with E-state index < -0.39 is 0 Å². The number of nitrogens with one attached hydrogen (secondary N) is 1. The second kappa shape index (κ2) is 5.78. The maximum Gasteiger partial charge on any atom is 0.0945 e. The fraction of sp³-hybridized carbons (Fsp3) is 0.700. The smallest absolute Gasteiger partial charge is 0.0945 e. The Labute approximate surface area is 85.3 Å². The number of aromatic nitrogens is 2. The summed E-state index contributed by atoms with van der Waals surface area (Å²) in [7, 11) is 3.74. The minimum absolute atomic E-state index is 0.549. The average molecular weight is 197 g/mol. The molecule has 0 spiro atoms. The molecule has 14 heavy (non-hydrogen) atoms. The van der Waals surface area contributed by atoms with Crippen molar-refractivity contribution in [3.63, 3.8) is 0 Å². The van der Waals surface area contributed by atoms with Gasteiger partial charge in [0.05, 0.1) is 12.0 Å². The summed E-state index contributed by atoms with van der Waals surface area (Å²) in [4.78, 5) is 4.05. The van der Waals surface area contributed by atoms with Crippen LogP contribution in [0.5, 0.6) is 0 Å². The Morgan fingerprint density at radius 1 is 1.64 bits per heavy atom. The number of methoxy groups -OCH3 is 1. The molecule has 1 aromatic heterocycles. The molecule has 1 rings (SSSR count). The molecule has 0 bridgehead atoms. The molecule has 1 unspecified atom stereocenters. The van der Waals surface area contributed by atoms with E-state index in [0.29, 0.717) is 5.92 Å². The topological polar surface area (TPSA) is 39.1 Å².